The van der Waals surface area contributed by atoms with Crippen LogP contribution in [0, 0.1) is 6.92 Å². The fourth-order valence-electron chi connectivity index (χ4n) is 2.61. The summed E-state index contributed by atoms with van der Waals surface area (Å²) in [4.78, 5) is 12.5. The fourth-order valence-corrected chi connectivity index (χ4v) is 2.61. The van der Waals surface area contributed by atoms with Crippen molar-refractivity contribution in [2.75, 3.05) is 7.11 Å². The molecule has 3 heteroatoms. The van der Waals surface area contributed by atoms with Crippen LogP contribution in [-0.2, 0) is 11.3 Å². The fraction of sp³-hybridized carbons (Fsp3) is 0.316. The van der Waals surface area contributed by atoms with Gasteiger partial charge in [0.25, 0.3) is 0 Å². The molecule has 1 atom stereocenters. The molecule has 3 nitrogen and oxygen atoms in total. The molecule has 0 heterocycles. The van der Waals surface area contributed by atoms with E-state index in [0.717, 1.165) is 28.9 Å². The normalized spacial score (nSPS) is 11.8. The molecule has 1 amide bonds. The van der Waals surface area contributed by atoms with Crippen LogP contribution in [0.3, 0.4) is 0 Å². The summed E-state index contributed by atoms with van der Waals surface area (Å²) < 4.78 is 5.35. The van der Waals surface area contributed by atoms with E-state index in [9.17, 15) is 4.79 Å². The van der Waals surface area contributed by atoms with Crippen molar-refractivity contribution in [1.82, 2.24) is 5.32 Å². The highest BCUT2D eigenvalue weighted by Crippen LogP contribution is 2.22. The number of ether oxygens (including phenoxy) is 1. The van der Waals surface area contributed by atoms with Gasteiger partial charge in [0.15, 0.2) is 0 Å². The Hall–Kier alpha value is -2.29. The number of benzene rings is 2. The molecule has 116 valence electrons. The van der Waals surface area contributed by atoms with E-state index in [1.807, 2.05) is 62.4 Å². The van der Waals surface area contributed by atoms with E-state index in [4.69, 9.17) is 4.74 Å². The van der Waals surface area contributed by atoms with Gasteiger partial charge in [0.2, 0.25) is 5.91 Å². The second-order valence-electron chi connectivity index (χ2n) is 5.40. The molecular weight excluding hydrogens is 274 g/mol. The zero-order valence-corrected chi connectivity index (χ0v) is 13.4. The van der Waals surface area contributed by atoms with E-state index in [2.05, 4.69) is 5.32 Å². The lowest BCUT2D eigenvalue weighted by molar-refractivity contribution is -0.122. The number of hydrogen-bond donors (Lipinski definition) is 1. The van der Waals surface area contributed by atoms with E-state index in [-0.39, 0.29) is 11.8 Å². The van der Waals surface area contributed by atoms with Crippen molar-refractivity contribution < 1.29 is 9.53 Å². The van der Waals surface area contributed by atoms with Crippen molar-refractivity contribution in [1.29, 1.82) is 0 Å². The summed E-state index contributed by atoms with van der Waals surface area (Å²) in [6, 6.07) is 15.9. The second-order valence-corrected chi connectivity index (χ2v) is 5.40. The molecule has 0 saturated carbocycles. The van der Waals surface area contributed by atoms with Crippen LogP contribution in [0.5, 0.6) is 5.75 Å². The summed E-state index contributed by atoms with van der Waals surface area (Å²) in [5.41, 5.74) is 3.21. The highest BCUT2D eigenvalue weighted by molar-refractivity contribution is 5.83. The third kappa shape index (κ3) is 3.88. The molecule has 0 aliphatic carbocycles. The third-order valence-electron chi connectivity index (χ3n) is 3.82. The number of aryl methyl sites for hydroxylation is 1. The summed E-state index contributed by atoms with van der Waals surface area (Å²) in [5, 5.41) is 3.03. The van der Waals surface area contributed by atoms with Crippen LogP contribution in [0.4, 0.5) is 0 Å². The number of carbonyl (C=O) groups is 1. The Morgan fingerprint density at radius 3 is 2.55 bits per heavy atom. The Bertz CT molecular complexity index is 623. The summed E-state index contributed by atoms with van der Waals surface area (Å²) >= 11 is 0. The topological polar surface area (TPSA) is 38.3 Å². The summed E-state index contributed by atoms with van der Waals surface area (Å²) in [7, 11) is 1.65. The molecular formula is C19H23NO2. The highest BCUT2D eigenvalue weighted by Gasteiger charge is 2.18. The molecule has 22 heavy (non-hydrogen) atoms. The van der Waals surface area contributed by atoms with Gasteiger partial charge in [-0.2, -0.15) is 0 Å². The van der Waals surface area contributed by atoms with Crippen LogP contribution in [0.1, 0.15) is 36.0 Å². The first-order valence-corrected chi connectivity index (χ1v) is 7.62. The summed E-state index contributed by atoms with van der Waals surface area (Å²) in [5.74, 6) is 0.743. The minimum absolute atomic E-state index is 0.0530. The van der Waals surface area contributed by atoms with Crippen LogP contribution in [-0.4, -0.2) is 13.0 Å². The summed E-state index contributed by atoms with van der Waals surface area (Å²) in [6.45, 7) is 4.54. The predicted molar refractivity (Wildman–Crippen MR) is 89.1 cm³/mol. The molecule has 2 aromatic carbocycles. The van der Waals surface area contributed by atoms with Crippen molar-refractivity contribution in [2.45, 2.75) is 32.7 Å². The van der Waals surface area contributed by atoms with Gasteiger partial charge in [0.1, 0.15) is 5.75 Å². The Labute approximate surface area is 132 Å². The van der Waals surface area contributed by atoms with Crippen LogP contribution >= 0.6 is 0 Å². The minimum Gasteiger partial charge on any atom is -0.496 e. The van der Waals surface area contributed by atoms with Crippen molar-refractivity contribution in [3.8, 4) is 5.75 Å². The second kappa shape index (κ2) is 7.64. The van der Waals surface area contributed by atoms with Crippen LogP contribution in [0.15, 0.2) is 48.5 Å². The van der Waals surface area contributed by atoms with E-state index in [0.29, 0.717) is 6.54 Å². The van der Waals surface area contributed by atoms with Crippen LogP contribution in [0.2, 0.25) is 0 Å². The van der Waals surface area contributed by atoms with Gasteiger partial charge in [0, 0.05) is 12.1 Å². The molecule has 0 bridgehead atoms. The molecule has 2 aromatic rings. The number of carbonyl (C=O) groups excluding carboxylic acids is 1. The maximum atomic E-state index is 12.5. The molecule has 0 spiro atoms. The largest absolute Gasteiger partial charge is 0.496 e. The SMILES string of the molecule is CCC(C(=O)NCc1cc(C)ccc1OC)c1ccccc1. The molecule has 2 rings (SSSR count). The molecule has 0 aromatic heterocycles. The smallest absolute Gasteiger partial charge is 0.227 e. The van der Waals surface area contributed by atoms with E-state index >= 15 is 0 Å². The first-order valence-electron chi connectivity index (χ1n) is 7.62. The Kier molecular flexibility index (Phi) is 5.59. The summed E-state index contributed by atoms with van der Waals surface area (Å²) in [6.07, 6.45) is 0.779. The van der Waals surface area contributed by atoms with Crippen LogP contribution in [0.25, 0.3) is 0 Å². The van der Waals surface area contributed by atoms with Gasteiger partial charge in [-0.1, -0.05) is 55.0 Å². The van der Waals surface area contributed by atoms with Crippen molar-refractivity contribution in [2.24, 2.45) is 0 Å². The van der Waals surface area contributed by atoms with Gasteiger partial charge in [-0.05, 0) is 25.0 Å². The van der Waals surface area contributed by atoms with Gasteiger partial charge in [-0.3, -0.25) is 4.79 Å². The van der Waals surface area contributed by atoms with Gasteiger partial charge < -0.3 is 10.1 Å². The number of amides is 1. The Balaban J connectivity index is 2.07. The average Bonchev–Trinajstić information content (AvgIpc) is 2.55. The first-order chi connectivity index (χ1) is 10.7. The molecule has 0 fully saturated rings. The monoisotopic (exact) mass is 297 g/mol. The number of rotatable bonds is 6. The molecule has 1 unspecified atom stereocenters. The third-order valence-corrected chi connectivity index (χ3v) is 3.82. The maximum Gasteiger partial charge on any atom is 0.227 e. The Morgan fingerprint density at radius 1 is 1.18 bits per heavy atom. The average molecular weight is 297 g/mol. The minimum atomic E-state index is -0.114. The zero-order chi connectivity index (χ0) is 15.9. The molecule has 0 aliphatic rings. The lowest BCUT2D eigenvalue weighted by atomic mass is 9.95. The highest BCUT2D eigenvalue weighted by atomic mass is 16.5. The molecule has 1 N–H and O–H groups in total. The van der Waals surface area contributed by atoms with Crippen molar-refractivity contribution >= 4 is 5.91 Å². The Morgan fingerprint density at radius 2 is 1.91 bits per heavy atom. The maximum absolute atomic E-state index is 12.5. The zero-order valence-electron chi connectivity index (χ0n) is 13.4. The van der Waals surface area contributed by atoms with Gasteiger partial charge >= 0.3 is 0 Å². The van der Waals surface area contributed by atoms with Crippen molar-refractivity contribution in [3.05, 3.63) is 65.2 Å². The van der Waals surface area contributed by atoms with Crippen molar-refractivity contribution in [3.63, 3.8) is 0 Å². The number of hydrogen-bond acceptors (Lipinski definition) is 2. The van der Waals surface area contributed by atoms with E-state index in [1.54, 1.807) is 7.11 Å². The molecule has 0 radical (unpaired) electrons. The quantitative estimate of drug-likeness (QED) is 0.880. The first kappa shape index (κ1) is 16.1. The van der Waals surface area contributed by atoms with Gasteiger partial charge in [-0.25, -0.2) is 0 Å². The molecule has 0 aliphatic heterocycles. The van der Waals surface area contributed by atoms with E-state index in [1.165, 1.54) is 0 Å². The lowest BCUT2D eigenvalue weighted by Crippen LogP contribution is -2.28. The van der Waals surface area contributed by atoms with E-state index < -0.39 is 0 Å². The lowest BCUT2D eigenvalue weighted by Gasteiger charge is -2.16. The number of methoxy groups -OCH3 is 1. The number of nitrogens with one attached hydrogen (secondary N) is 1. The molecule has 0 saturated heterocycles. The predicted octanol–water partition coefficient (Wildman–Crippen LogP) is 3.81. The standard InChI is InChI=1S/C19H23NO2/c1-4-17(15-8-6-5-7-9-15)19(21)20-13-16-12-14(2)10-11-18(16)22-3/h5-12,17H,4,13H2,1-3H3,(H,20,21). The van der Waals surface area contributed by atoms with Crippen LogP contribution < -0.4 is 10.1 Å². The van der Waals surface area contributed by atoms with Gasteiger partial charge in [-0.15, -0.1) is 0 Å². The van der Waals surface area contributed by atoms with Gasteiger partial charge in [0.05, 0.1) is 13.0 Å².